The van der Waals surface area contributed by atoms with Crippen molar-refractivity contribution in [3.8, 4) is 0 Å². The molecular weight excluding hydrogens is 218 g/mol. The lowest BCUT2D eigenvalue weighted by Gasteiger charge is -2.12. The number of thiol groups is 1. The summed E-state index contributed by atoms with van der Waals surface area (Å²) in [6.45, 7) is 7.64. The predicted molar refractivity (Wildman–Crippen MR) is 60.5 cm³/mol. The van der Waals surface area contributed by atoms with Gasteiger partial charge in [0.25, 0.3) is 0 Å². The van der Waals surface area contributed by atoms with Gasteiger partial charge in [-0.2, -0.15) is 5.48 Å². The standard InChI is InChI=1S/C8H17N3O3S/c1-5(2)9-7(10-6(3)4)13-14-11-8(12)15/h5-6H,1-4H3,(H,9,10)(H2,11,12,15). The molecule has 7 heteroatoms. The molecule has 0 rings (SSSR count). The number of carbonyl (C=O) groups is 1. The lowest BCUT2D eigenvalue weighted by molar-refractivity contribution is -0.258. The summed E-state index contributed by atoms with van der Waals surface area (Å²) >= 11 is 3.43. The Morgan fingerprint density at radius 1 is 1.33 bits per heavy atom. The van der Waals surface area contributed by atoms with Gasteiger partial charge in [0, 0.05) is 12.1 Å². The van der Waals surface area contributed by atoms with Crippen LogP contribution in [-0.2, 0) is 9.88 Å². The number of nitrogens with one attached hydrogen (secondary N) is 2. The van der Waals surface area contributed by atoms with Gasteiger partial charge in [-0.05, 0) is 27.7 Å². The van der Waals surface area contributed by atoms with Gasteiger partial charge in [-0.3, -0.25) is 9.68 Å². The van der Waals surface area contributed by atoms with Crippen molar-refractivity contribution < 1.29 is 14.7 Å². The maximum atomic E-state index is 10.4. The summed E-state index contributed by atoms with van der Waals surface area (Å²) in [5.41, 5.74) is 1.90. The van der Waals surface area contributed by atoms with E-state index in [1.165, 1.54) is 0 Å². The summed E-state index contributed by atoms with van der Waals surface area (Å²) < 4.78 is 0. The average molecular weight is 235 g/mol. The first kappa shape index (κ1) is 14.1. The van der Waals surface area contributed by atoms with Crippen LogP contribution in [0.1, 0.15) is 27.7 Å². The van der Waals surface area contributed by atoms with Crippen LogP contribution >= 0.6 is 12.6 Å². The second-order valence-corrected chi connectivity index (χ2v) is 3.81. The SMILES string of the molecule is CC(C)N=C(NC(C)C)OONC(=O)S. The van der Waals surface area contributed by atoms with E-state index in [1.807, 2.05) is 33.2 Å². The van der Waals surface area contributed by atoms with Crippen LogP contribution in [-0.4, -0.2) is 23.3 Å². The number of amides is 1. The fourth-order valence-corrected chi connectivity index (χ4v) is 0.698. The van der Waals surface area contributed by atoms with Crippen molar-refractivity contribution in [3.63, 3.8) is 0 Å². The van der Waals surface area contributed by atoms with Gasteiger partial charge in [0.1, 0.15) is 0 Å². The number of hydroxylamine groups is 1. The Morgan fingerprint density at radius 3 is 2.33 bits per heavy atom. The minimum absolute atomic E-state index is 0.0570. The molecule has 0 unspecified atom stereocenters. The molecule has 0 aliphatic heterocycles. The zero-order chi connectivity index (χ0) is 11.8. The Bertz CT molecular complexity index is 231. The smallest absolute Gasteiger partial charge is 0.325 e. The zero-order valence-corrected chi connectivity index (χ0v) is 10.2. The van der Waals surface area contributed by atoms with E-state index in [0.717, 1.165) is 0 Å². The molecule has 0 aromatic heterocycles. The van der Waals surface area contributed by atoms with Crippen molar-refractivity contribution in [2.75, 3.05) is 0 Å². The van der Waals surface area contributed by atoms with Crippen molar-refractivity contribution in [2.24, 2.45) is 4.99 Å². The first-order chi connectivity index (χ1) is 6.91. The molecule has 0 saturated heterocycles. The van der Waals surface area contributed by atoms with E-state index in [1.54, 1.807) is 0 Å². The first-order valence-corrected chi connectivity index (χ1v) is 5.03. The molecule has 88 valence electrons. The predicted octanol–water partition coefficient (Wildman–Crippen LogP) is 1.25. The minimum Gasteiger partial charge on any atom is -0.335 e. The van der Waals surface area contributed by atoms with Gasteiger partial charge in [0.05, 0.1) is 0 Å². The Hall–Kier alpha value is -0.950. The minimum atomic E-state index is -0.650. The fourth-order valence-electron chi connectivity index (χ4n) is 0.660. The van der Waals surface area contributed by atoms with Crippen molar-refractivity contribution in [1.29, 1.82) is 0 Å². The third-order valence-electron chi connectivity index (χ3n) is 1.04. The van der Waals surface area contributed by atoms with E-state index in [9.17, 15) is 4.79 Å². The summed E-state index contributed by atoms with van der Waals surface area (Å²) in [6.07, 6.45) is 0. The molecule has 0 aliphatic rings. The maximum absolute atomic E-state index is 10.4. The Labute approximate surface area is 94.7 Å². The first-order valence-electron chi connectivity index (χ1n) is 4.58. The van der Waals surface area contributed by atoms with Crippen LogP contribution in [0.15, 0.2) is 4.99 Å². The van der Waals surface area contributed by atoms with Crippen LogP contribution in [0.3, 0.4) is 0 Å². The van der Waals surface area contributed by atoms with Gasteiger partial charge < -0.3 is 5.32 Å². The molecule has 1 amide bonds. The van der Waals surface area contributed by atoms with E-state index in [4.69, 9.17) is 4.89 Å². The summed E-state index contributed by atoms with van der Waals surface area (Å²) in [5.74, 6) is 0. The molecule has 6 nitrogen and oxygen atoms in total. The van der Waals surface area contributed by atoms with Gasteiger partial charge in [-0.1, -0.05) is 17.6 Å². The summed E-state index contributed by atoms with van der Waals surface area (Å²) in [7, 11) is 0. The van der Waals surface area contributed by atoms with Crippen LogP contribution in [0.4, 0.5) is 4.79 Å². The van der Waals surface area contributed by atoms with E-state index in [2.05, 4.69) is 27.9 Å². The van der Waals surface area contributed by atoms with Gasteiger partial charge in [-0.15, -0.1) is 0 Å². The van der Waals surface area contributed by atoms with Gasteiger partial charge in [0.2, 0.25) is 0 Å². The number of amidine groups is 1. The van der Waals surface area contributed by atoms with Crippen LogP contribution in [0.25, 0.3) is 0 Å². The number of nitrogens with zero attached hydrogens (tertiary/aromatic N) is 1. The number of hydrogen-bond acceptors (Lipinski definition) is 4. The van der Waals surface area contributed by atoms with Crippen molar-refractivity contribution in [2.45, 2.75) is 39.8 Å². The number of aliphatic imine (C=N–C) groups is 1. The molecule has 0 saturated carbocycles. The van der Waals surface area contributed by atoms with Crippen molar-refractivity contribution in [3.05, 3.63) is 0 Å². The number of carbonyl (C=O) groups excluding carboxylic acids is 1. The molecule has 0 radical (unpaired) electrons. The van der Waals surface area contributed by atoms with E-state index in [0.29, 0.717) is 0 Å². The molecule has 15 heavy (non-hydrogen) atoms. The van der Waals surface area contributed by atoms with Gasteiger partial charge >= 0.3 is 11.3 Å². The molecule has 0 atom stereocenters. The lowest BCUT2D eigenvalue weighted by Crippen LogP contribution is -2.35. The van der Waals surface area contributed by atoms with Crippen molar-refractivity contribution in [1.82, 2.24) is 10.8 Å². The highest BCUT2D eigenvalue weighted by Gasteiger charge is 2.05. The second-order valence-electron chi connectivity index (χ2n) is 3.40. The summed E-state index contributed by atoms with van der Waals surface area (Å²) in [5, 5.41) is 2.26. The normalized spacial score (nSPS) is 11.8. The highest BCUT2D eigenvalue weighted by molar-refractivity contribution is 7.96. The van der Waals surface area contributed by atoms with E-state index < -0.39 is 5.24 Å². The zero-order valence-electron chi connectivity index (χ0n) is 9.27. The van der Waals surface area contributed by atoms with Gasteiger partial charge in [0.15, 0.2) is 0 Å². The fraction of sp³-hybridized carbons (Fsp3) is 0.750. The Kier molecular flexibility index (Phi) is 6.89. The van der Waals surface area contributed by atoms with E-state index in [-0.39, 0.29) is 18.1 Å². The molecule has 0 spiro atoms. The van der Waals surface area contributed by atoms with Crippen molar-refractivity contribution >= 4 is 23.9 Å². The molecule has 0 aromatic carbocycles. The molecular formula is C8H17N3O3S. The Balaban J connectivity index is 4.07. The molecule has 0 aromatic rings. The molecule has 2 N–H and O–H groups in total. The second kappa shape index (κ2) is 7.36. The third kappa shape index (κ3) is 9.36. The van der Waals surface area contributed by atoms with Crippen LogP contribution in [0, 0.1) is 0 Å². The molecule has 0 fully saturated rings. The molecule has 0 aliphatic carbocycles. The number of rotatable bonds is 4. The van der Waals surface area contributed by atoms with Gasteiger partial charge in [-0.25, -0.2) is 4.99 Å². The molecule has 0 bridgehead atoms. The summed E-state index contributed by atoms with van der Waals surface area (Å²) in [4.78, 5) is 23.6. The maximum Gasteiger partial charge on any atom is 0.325 e. The largest absolute Gasteiger partial charge is 0.335 e. The highest BCUT2D eigenvalue weighted by atomic mass is 32.1. The molecule has 0 heterocycles. The van der Waals surface area contributed by atoms with Crippen LogP contribution in [0.2, 0.25) is 0 Å². The Morgan fingerprint density at radius 2 is 1.93 bits per heavy atom. The quantitative estimate of drug-likeness (QED) is 0.225. The van der Waals surface area contributed by atoms with Crippen LogP contribution < -0.4 is 10.8 Å². The summed E-state index contributed by atoms with van der Waals surface area (Å²) in [6, 6.07) is 0.418. The third-order valence-corrected chi connectivity index (χ3v) is 1.13. The topological polar surface area (TPSA) is 72.0 Å². The number of hydrogen-bond donors (Lipinski definition) is 3. The monoisotopic (exact) mass is 235 g/mol. The van der Waals surface area contributed by atoms with E-state index >= 15 is 0 Å². The van der Waals surface area contributed by atoms with Crippen LogP contribution in [0.5, 0.6) is 0 Å². The average Bonchev–Trinajstić information content (AvgIpc) is 2.00. The lowest BCUT2D eigenvalue weighted by atomic mass is 10.4. The highest BCUT2D eigenvalue weighted by Crippen LogP contribution is 1.91.